The molecule has 1 aromatic carbocycles. The fourth-order valence-corrected chi connectivity index (χ4v) is 2.78. The van der Waals surface area contributed by atoms with Gasteiger partial charge in [-0.3, -0.25) is 4.90 Å². The Labute approximate surface area is 124 Å². The maximum absolute atomic E-state index is 4.16. The molecule has 0 aliphatic carbocycles. The fourth-order valence-electron chi connectivity index (χ4n) is 2.78. The van der Waals surface area contributed by atoms with Crippen LogP contribution in [0.5, 0.6) is 0 Å². The van der Waals surface area contributed by atoms with Gasteiger partial charge in [0.1, 0.15) is 0 Å². The first kappa shape index (κ1) is 15.1. The molecule has 0 aromatic heterocycles. The maximum Gasteiger partial charge on any atom is 0.0233 e. The van der Waals surface area contributed by atoms with Gasteiger partial charge in [-0.1, -0.05) is 55.5 Å². The summed E-state index contributed by atoms with van der Waals surface area (Å²) < 4.78 is 0. The average molecular weight is 269 g/mol. The minimum atomic E-state index is 0.348. The molecule has 0 unspecified atom stereocenters. The van der Waals surface area contributed by atoms with Crippen molar-refractivity contribution in [1.29, 1.82) is 0 Å². The molecule has 1 heterocycles. The Hall–Kier alpha value is -1.34. The molecule has 108 valence electrons. The van der Waals surface area contributed by atoms with E-state index in [9.17, 15) is 0 Å². The average Bonchev–Trinajstić information content (AvgIpc) is 2.42. The second-order valence-electron chi connectivity index (χ2n) is 6.59. The van der Waals surface area contributed by atoms with E-state index in [-0.39, 0.29) is 0 Å². The molecule has 1 aliphatic rings. The number of likely N-dealkylation sites (tertiary alicyclic amines) is 1. The summed E-state index contributed by atoms with van der Waals surface area (Å²) in [5, 5.41) is 0. The van der Waals surface area contributed by atoms with E-state index in [2.05, 4.69) is 63.1 Å². The third-order valence-electron chi connectivity index (χ3n) is 4.84. The van der Waals surface area contributed by atoms with Gasteiger partial charge in [0.25, 0.3) is 0 Å². The van der Waals surface area contributed by atoms with Crippen LogP contribution in [-0.4, -0.2) is 18.0 Å². The first-order valence-electron chi connectivity index (χ1n) is 7.54. The van der Waals surface area contributed by atoms with Gasteiger partial charge in [-0.15, -0.1) is 0 Å². The van der Waals surface area contributed by atoms with Crippen LogP contribution in [-0.2, 0) is 6.54 Å². The van der Waals surface area contributed by atoms with Crippen LogP contribution in [0.1, 0.15) is 44.7 Å². The van der Waals surface area contributed by atoms with Crippen molar-refractivity contribution in [3.63, 3.8) is 0 Å². The van der Waals surface area contributed by atoms with Gasteiger partial charge in [-0.25, -0.2) is 0 Å². The molecule has 1 nitrogen and oxygen atoms in total. The number of rotatable bonds is 4. The van der Waals surface area contributed by atoms with E-state index in [1.54, 1.807) is 0 Å². The molecule has 0 bridgehead atoms. The van der Waals surface area contributed by atoms with Gasteiger partial charge in [0.05, 0.1) is 0 Å². The van der Waals surface area contributed by atoms with E-state index in [1.165, 1.54) is 42.6 Å². The van der Waals surface area contributed by atoms with E-state index in [4.69, 9.17) is 0 Å². The Morgan fingerprint density at radius 1 is 1.10 bits per heavy atom. The van der Waals surface area contributed by atoms with Crippen molar-refractivity contribution in [3.8, 4) is 0 Å². The first-order valence-corrected chi connectivity index (χ1v) is 7.54. The van der Waals surface area contributed by atoms with Crippen molar-refractivity contribution < 1.29 is 0 Å². The van der Waals surface area contributed by atoms with Gasteiger partial charge in [-0.2, -0.15) is 0 Å². The lowest BCUT2D eigenvalue weighted by Gasteiger charge is -2.40. The van der Waals surface area contributed by atoms with Crippen molar-refractivity contribution in [2.75, 3.05) is 13.1 Å². The molecule has 20 heavy (non-hydrogen) atoms. The van der Waals surface area contributed by atoms with Crippen molar-refractivity contribution in [1.82, 2.24) is 4.90 Å². The highest BCUT2D eigenvalue weighted by atomic mass is 15.1. The number of hydrogen-bond acceptors (Lipinski definition) is 1. The predicted octanol–water partition coefficient (Wildman–Crippen LogP) is 4.90. The largest absolute Gasteiger partial charge is 0.299 e. The molecule has 0 amide bonds. The van der Waals surface area contributed by atoms with Crippen molar-refractivity contribution in [2.45, 2.75) is 40.2 Å². The highest BCUT2D eigenvalue weighted by Gasteiger charge is 2.30. The van der Waals surface area contributed by atoms with E-state index < -0.39 is 0 Å². The molecule has 1 aliphatic heterocycles. The summed E-state index contributed by atoms with van der Waals surface area (Å²) in [5.41, 5.74) is 5.45. The molecule has 1 saturated heterocycles. The quantitative estimate of drug-likeness (QED) is 0.703. The maximum atomic E-state index is 4.16. The van der Waals surface area contributed by atoms with Gasteiger partial charge >= 0.3 is 0 Å². The van der Waals surface area contributed by atoms with Gasteiger partial charge in [-0.05, 0) is 56.3 Å². The van der Waals surface area contributed by atoms with Crippen LogP contribution < -0.4 is 0 Å². The number of nitrogens with zero attached hydrogens (tertiary/aromatic N) is 1. The van der Waals surface area contributed by atoms with Crippen molar-refractivity contribution in [3.05, 3.63) is 54.1 Å². The highest BCUT2D eigenvalue weighted by Crippen LogP contribution is 2.37. The van der Waals surface area contributed by atoms with Crippen LogP contribution in [0.4, 0.5) is 0 Å². The lowest BCUT2D eigenvalue weighted by atomic mass is 9.75. The normalized spacial score (nSPS) is 18.8. The molecule has 0 radical (unpaired) electrons. The summed E-state index contributed by atoms with van der Waals surface area (Å²) in [6, 6.07) is 8.83. The minimum absolute atomic E-state index is 0.348. The number of piperidine rings is 1. The van der Waals surface area contributed by atoms with Crippen molar-refractivity contribution in [2.24, 2.45) is 5.41 Å². The first-order chi connectivity index (χ1) is 9.40. The molecular weight excluding hydrogens is 242 g/mol. The zero-order chi connectivity index (χ0) is 14.8. The topological polar surface area (TPSA) is 3.24 Å². The Kier molecular flexibility index (Phi) is 4.49. The highest BCUT2D eigenvalue weighted by molar-refractivity contribution is 5.61. The van der Waals surface area contributed by atoms with Gasteiger partial charge in [0.15, 0.2) is 0 Å². The monoisotopic (exact) mass is 269 g/mol. The molecule has 0 N–H and O–H groups in total. The summed E-state index contributed by atoms with van der Waals surface area (Å²) in [6.07, 6.45) is 2.46. The molecule has 1 fully saturated rings. The molecule has 1 heteroatoms. The number of hydrogen-bond donors (Lipinski definition) is 0. The third kappa shape index (κ3) is 3.40. The molecule has 0 atom stereocenters. The van der Waals surface area contributed by atoms with Crippen LogP contribution in [0.25, 0.3) is 5.57 Å². The Bertz CT molecular complexity index is 487. The van der Waals surface area contributed by atoms with Crippen LogP contribution in [0, 0.1) is 5.41 Å². The summed E-state index contributed by atoms with van der Waals surface area (Å²) in [6.45, 7) is 18.1. The summed E-state index contributed by atoms with van der Waals surface area (Å²) in [4.78, 5) is 2.56. The molecule has 1 aromatic rings. The van der Waals surface area contributed by atoms with Crippen LogP contribution in [0.15, 0.2) is 43.0 Å². The minimum Gasteiger partial charge on any atom is -0.299 e. The third-order valence-corrected chi connectivity index (χ3v) is 4.84. The summed E-state index contributed by atoms with van der Waals surface area (Å²) >= 11 is 0. The SMILES string of the molecule is C=C(C)c1ccc(CN2CCC(C)(C(=C)C)CC2)cc1. The zero-order valence-electron chi connectivity index (χ0n) is 13.2. The van der Waals surface area contributed by atoms with Crippen LogP contribution >= 0.6 is 0 Å². The predicted molar refractivity (Wildman–Crippen MR) is 88.6 cm³/mol. The molecular formula is C19H27N. The standard InChI is InChI=1S/C19H27N/c1-15(2)18-8-6-17(7-9-18)14-20-12-10-19(5,11-13-20)16(3)4/h6-9H,1,3,10-14H2,2,4-5H3. The van der Waals surface area contributed by atoms with E-state index in [0.29, 0.717) is 5.41 Å². The summed E-state index contributed by atoms with van der Waals surface area (Å²) in [7, 11) is 0. The second kappa shape index (κ2) is 5.97. The van der Waals surface area contributed by atoms with E-state index in [1.807, 2.05) is 0 Å². The van der Waals surface area contributed by atoms with Crippen LogP contribution in [0.2, 0.25) is 0 Å². The lowest BCUT2D eigenvalue weighted by Crippen LogP contribution is -2.38. The zero-order valence-corrected chi connectivity index (χ0v) is 13.2. The molecule has 0 spiro atoms. The number of allylic oxidation sites excluding steroid dienone is 2. The van der Waals surface area contributed by atoms with Gasteiger partial charge in [0, 0.05) is 6.54 Å². The molecule has 0 saturated carbocycles. The van der Waals surface area contributed by atoms with Crippen LogP contribution in [0.3, 0.4) is 0 Å². The Morgan fingerprint density at radius 3 is 2.10 bits per heavy atom. The smallest absolute Gasteiger partial charge is 0.0233 e. The lowest BCUT2D eigenvalue weighted by molar-refractivity contribution is 0.138. The fraction of sp³-hybridized carbons (Fsp3) is 0.474. The Morgan fingerprint density at radius 2 is 1.65 bits per heavy atom. The Balaban J connectivity index is 1.92. The number of benzene rings is 1. The van der Waals surface area contributed by atoms with E-state index >= 15 is 0 Å². The van der Waals surface area contributed by atoms with E-state index in [0.717, 1.165) is 12.1 Å². The second-order valence-corrected chi connectivity index (χ2v) is 6.59. The van der Waals surface area contributed by atoms with Gasteiger partial charge in [0.2, 0.25) is 0 Å². The summed E-state index contributed by atoms with van der Waals surface area (Å²) in [5.74, 6) is 0. The van der Waals surface area contributed by atoms with Crippen molar-refractivity contribution >= 4 is 5.57 Å². The van der Waals surface area contributed by atoms with Gasteiger partial charge < -0.3 is 0 Å². The molecule has 2 rings (SSSR count).